The van der Waals surface area contributed by atoms with E-state index >= 15 is 0 Å². The molecular formula is C18H25N3O3. The van der Waals surface area contributed by atoms with Crippen LogP contribution in [0.2, 0.25) is 0 Å². The van der Waals surface area contributed by atoms with Crippen LogP contribution >= 0.6 is 0 Å². The average molecular weight is 331 g/mol. The lowest BCUT2D eigenvalue weighted by Gasteiger charge is -2.29. The van der Waals surface area contributed by atoms with E-state index in [2.05, 4.69) is 4.90 Å². The van der Waals surface area contributed by atoms with Crippen molar-refractivity contribution in [2.24, 2.45) is 11.7 Å². The Morgan fingerprint density at radius 1 is 1.21 bits per heavy atom. The van der Waals surface area contributed by atoms with Gasteiger partial charge in [0.05, 0.1) is 4.92 Å². The minimum Gasteiger partial charge on any atom is -0.366 e. The van der Waals surface area contributed by atoms with Crippen molar-refractivity contribution in [1.82, 2.24) is 4.90 Å². The fourth-order valence-corrected chi connectivity index (χ4v) is 3.72. The minimum atomic E-state index is -0.633. The van der Waals surface area contributed by atoms with Gasteiger partial charge in [0.2, 0.25) is 5.91 Å². The smallest absolute Gasteiger partial charge is 0.274 e. The van der Waals surface area contributed by atoms with E-state index < -0.39 is 10.8 Å². The van der Waals surface area contributed by atoms with Crippen LogP contribution in [0.15, 0.2) is 18.2 Å². The van der Waals surface area contributed by atoms with E-state index in [1.807, 2.05) is 0 Å². The second-order valence-corrected chi connectivity index (χ2v) is 7.13. The summed E-state index contributed by atoms with van der Waals surface area (Å²) in [6, 6.07) is 5.15. The number of hydrogen-bond acceptors (Lipinski definition) is 4. The Balaban J connectivity index is 1.76. The highest BCUT2D eigenvalue weighted by Crippen LogP contribution is 2.34. The molecule has 2 saturated carbocycles. The molecular weight excluding hydrogens is 306 g/mol. The number of nitrogens with zero attached hydrogens (tertiary/aromatic N) is 2. The van der Waals surface area contributed by atoms with Crippen molar-refractivity contribution in [3.8, 4) is 0 Å². The van der Waals surface area contributed by atoms with E-state index in [4.69, 9.17) is 5.73 Å². The van der Waals surface area contributed by atoms with E-state index in [-0.39, 0.29) is 11.3 Å². The summed E-state index contributed by atoms with van der Waals surface area (Å²) in [5.74, 6) is 0.0780. The van der Waals surface area contributed by atoms with E-state index in [0.29, 0.717) is 24.1 Å². The number of rotatable bonds is 7. The van der Waals surface area contributed by atoms with Crippen LogP contribution in [-0.2, 0) is 6.54 Å². The van der Waals surface area contributed by atoms with Gasteiger partial charge in [0.1, 0.15) is 0 Å². The van der Waals surface area contributed by atoms with Gasteiger partial charge in [-0.3, -0.25) is 19.8 Å². The van der Waals surface area contributed by atoms with Gasteiger partial charge >= 0.3 is 0 Å². The van der Waals surface area contributed by atoms with E-state index in [9.17, 15) is 14.9 Å². The number of benzene rings is 1. The molecule has 3 rings (SSSR count). The molecule has 130 valence electrons. The standard InChI is InChI=1S/C18H25N3O3/c19-18(22)14-6-7-15(17(10-14)21(23)24)12-20(16-8-9-16)11-13-4-2-1-3-5-13/h6-7,10,13,16H,1-5,8-9,11-12H2,(H2,19,22). The lowest BCUT2D eigenvalue weighted by atomic mass is 9.89. The van der Waals surface area contributed by atoms with Crippen LogP contribution in [0.25, 0.3) is 0 Å². The summed E-state index contributed by atoms with van der Waals surface area (Å²) in [7, 11) is 0. The molecule has 1 aromatic carbocycles. The van der Waals surface area contributed by atoms with Crippen LogP contribution < -0.4 is 5.73 Å². The molecule has 0 atom stereocenters. The summed E-state index contributed by atoms with van der Waals surface area (Å²) < 4.78 is 0. The van der Waals surface area contributed by atoms with Crippen molar-refractivity contribution < 1.29 is 9.72 Å². The normalized spacial score (nSPS) is 18.7. The predicted octanol–water partition coefficient (Wildman–Crippen LogP) is 3.24. The molecule has 0 unspecified atom stereocenters. The predicted molar refractivity (Wildman–Crippen MR) is 91.6 cm³/mol. The van der Waals surface area contributed by atoms with Crippen molar-refractivity contribution in [3.05, 3.63) is 39.4 Å². The Kier molecular flexibility index (Phi) is 5.14. The maximum Gasteiger partial charge on any atom is 0.274 e. The van der Waals surface area contributed by atoms with Gasteiger partial charge in [-0.25, -0.2) is 0 Å². The second-order valence-electron chi connectivity index (χ2n) is 7.13. The van der Waals surface area contributed by atoms with Crippen LogP contribution in [0, 0.1) is 16.0 Å². The third kappa shape index (κ3) is 4.12. The third-order valence-electron chi connectivity index (χ3n) is 5.22. The van der Waals surface area contributed by atoms with E-state index in [0.717, 1.165) is 6.54 Å². The molecule has 0 saturated heterocycles. The van der Waals surface area contributed by atoms with E-state index in [1.165, 1.54) is 51.0 Å². The summed E-state index contributed by atoms with van der Waals surface area (Å²) in [4.78, 5) is 24.7. The topological polar surface area (TPSA) is 89.5 Å². The SMILES string of the molecule is NC(=O)c1ccc(CN(CC2CCCCC2)C2CC2)c([N+](=O)[O-])c1. The highest BCUT2D eigenvalue weighted by atomic mass is 16.6. The molecule has 0 aromatic heterocycles. The maximum atomic E-state index is 11.4. The molecule has 2 fully saturated rings. The number of nitrogens with two attached hydrogens (primary N) is 1. The van der Waals surface area contributed by atoms with Crippen molar-refractivity contribution in [1.29, 1.82) is 0 Å². The van der Waals surface area contributed by atoms with E-state index in [1.54, 1.807) is 12.1 Å². The molecule has 0 heterocycles. The first-order valence-electron chi connectivity index (χ1n) is 8.86. The van der Waals surface area contributed by atoms with Gasteiger partial charge in [-0.15, -0.1) is 0 Å². The zero-order chi connectivity index (χ0) is 17.1. The summed E-state index contributed by atoms with van der Waals surface area (Å²) in [6.45, 7) is 1.61. The average Bonchev–Trinajstić information content (AvgIpc) is 3.40. The van der Waals surface area contributed by atoms with Crippen LogP contribution in [0.4, 0.5) is 5.69 Å². The van der Waals surface area contributed by atoms with Gasteiger partial charge in [0, 0.05) is 36.3 Å². The van der Waals surface area contributed by atoms with Gasteiger partial charge in [0.25, 0.3) is 5.69 Å². The number of amides is 1. The van der Waals surface area contributed by atoms with Crippen molar-refractivity contribution >= 4 is 11.6 Å². The minimum absolute atomic E-state index is 0.000550. The zero-order valence-electron chi connectivity index (χ0n) is 13.9. The number of carbonyl (C=O) groups is 1. The molecule has 1 aromatic rings. The molecule has 24 heavy (non-hydrogen) atoms. The quantitative estimate of drug-likeness (QED) is 0.613. The molecule has 0 spiro atoms. The van der Waals surface area contributed by atoms with Gasteiger partial charge in [0.15, 0.2) is 0 Å². The first-order valence-corrected chi connectivity index (χ1v) is 8.86. The van der Waals surface area contributed by atoms with Crippen molar-refractivity contribution in [3.63, 3.8) is 0 Å². The van der Waals surface area contributed by atoms with Crippen LogP contribution in [0.1, 0.15) is 60.9 Å². The fourth-order valence-electron chi connectivity index (χ4n) is 3.72. The number of nitro benzene ring substituents is 1. The highest BCUT2D eigenvalue weighted by molar-refractivity contribution is 5.93. The molecule has 6 heteroatoms. The number of hydrogen-bond donors (Lipinski definition) is 1. The molecule has 1 amide bonds. The Hall–Kier alpha value is -1.95. The Bertz CT molecular complexity index is 622. The molecule has 2 N–H and O–H groups in total. The van der Waals surface area contributed by atoms with Gasteiger partial charge in [-0.2, -0.15) is 0 Å². The van der Waals surface area contributed by atoms with Crippen LogP contribution in [-0.4, -0.2) is 28.3 Å². The lowest BCUT2D eigenvalue weighted by molar-refractivity contribution is -0.385. The first kappa shape index (κ1) is 16.9. The highest BCUT2D eigenvalue weighted by Gasteiger charge is 2.32. The Morgan fingerprint density at radius 2 is 1.92 bits per heavy atom. The van der Waals surface area contributed by atoms with Crippen LogP contribution in [0.3, 0.4) is 0 Å². The Morgan fingerprint density at radius 3 is 2.50 bits per heavy atom. The molecule has 2 aliphatic rings. The molecule has 0 radical (unpaired) electrons. The van der Waals surface area contributed by atoms with Gasteiger partial charge in [-0.1, -0.05) is 25.3 Å². The summed E-state index contributed by atoms with van der Waals surface area (Å²) in [5.41, 5.74) is 6.11. The summed E-state index contributed by atoms with van der Waals surface area (Å²) >= 11 is 0. The fraction of sp³-hybridized carbons (Fsp3) is 0.611. The van der Waals surface area contributed by atoms with Crippen molar-refractivity contribution in [2.75, 3.05) is 6.54 Å². The number of primary amides is 1. The molecule has 0 aliphatic heterocycles. The second kappa shape index (κ2) is 7.30. The lowest BCUT2D eigenvalue weighted by Crippen LogP contribution is -2.32. The summed E-state index contributed by atoms with van der Waals surface area (Å²) in [6.07, 6.45) is 8.84. The largest absolute Gasteiger partial charge is 0.366 e. The number of nitro groups is 1. The first-order chi connectivity index (χ1) is 11.5. The molecule has 2 aliphatic carbocycles. The molecule has 6 nitrogen and oxygen atoms in total. The van der Waals surface area contributed by atoms with Gasteiger partial charge in [-0.05, 0) is 37.7 Å². The van der Waals surface area contributed by atoms with Gasteiger partial charge < -0.3 is 5.73 Å². The maximum absolute atomic E-state index is 11.4. The zero-order valence-corrected chi connectivity index (χ0v) is 13.9. The van der Waals surface area contributed by atoms with Crippen molar-refractivity contribution in [2.45, 2.75) is 57.5 Å². The number of carbonyl (C=O) groups excluding carboxylic acids is 1. The summed E-state index contributed by atoms with van der Waals surface area (Å²) in [5, 5.41) is 11.4. The molecule has 0 bridgehead atoms. The Labute approximate surface area is 142 Å². The monoisotopic (exact) mass is 331 g/mol. The van der Waals surface area contributed by atoms with Crippen LogP contribution in [0.5, 0.6) is 0 Å². The third-order valence-corrected chi connectivity index (χ3v) is 5.22.